The molecule has 182 valence electrons. The number of aryl methyl sites for hydroxylation is 1. The number of rotatable bonds is 7. The molecule has 1 aromatic heterocycles. The number of amides is 1. The number of hydrogen-bond acceptors (Lipinski definition) is 4. The lowest BCUT2D eigenvalue weighted by atomic mass is 9.96. The van der Waals surface area contributed by atoms with Gasteiger partial charge in [0, 0.05) is 19.1 Å². The van der Waals surface area contributed by atoms with Crippen molar-refractivity contribution >= 4 is 17.1 Å². The molecule has 1 fully saturated rings. The minimum atomic E-state index is -0.441. The van der Waals surface area contributed by atoms with Crippen molar-refractivity contribution in [2.24, 2.45) is 5.92 Å². The summed E-state index contributed by atoms with van der Waals surface area (Å²) < 4.78 is 2.93. The molecule has 0 spiro atoms. The molecule has 7 heteroatoms. The molecule has 0 radical (unpaired) electrons. The first-order valence-electron chi connectivity index (χ1n) is 12.3. The number of fused-ring (bicyclic) bond motifs is 1. The molecule has 34 heavy (non-hydrogen) atoms. The number of likely N-dealkylation sites (tertiary alicyclic amines) is 1. The van der Waals surface area contributed by atoms with Gasteiger partial charge in [0.1, 0.15) is 0 Å². The van der Waals surface area contributed by atoms with Gasteiger partial charge >= 0.3 is 11.7 Å². The Morgan fingerprint density at radius 2 is 1.71 bits per heavy atom. The highest BCUT2D eigenvalue weighted by Crippen LogP contribution is 2.21. The number of aliphatic hydroxyl groups is 1. The Kier molecular flexibility index (Phi) is 7.54. The van der Waals surface area contributed by atoms with Gasteiger partial charge in [-0.05, 0) is 76.7 Å². The zero-order valence-corrected chi connectivity index (χ0v) is 20.4. The maximum absolute atomic E-state index is 13.0. The molecule has 1 saturated heterocycles. The molecule has 4 rings (SSSR count). The second-order valence-electron chi connectivity index (χ2n) is 9.76. The first-order chi connectivity index (χ1) is 16.3. The van der Waals surface area contributed by atoms with E-state index < -0.39 is 6.10 Å². The summed E-state index contributed by atoms with van der Waals surface area (Å²) in [4.78, 5) is 28.3. The first kappa shape index (κ1) is 24.2. The van der Waals surface area contributed by atoms with E-state index >= 15 is 0 Å². The van der Waals surface area contributed by atoms with Crippen molar-refractivity contribution in [1.29, 1.82) is 0 Å². The number of carbonyl (C=O) groups is 1. The van der Waals surface area contributed by atoms with Crippen LogP contribution in [0.1, 0.15) is 56.4 Å². The fourth-order valence-corrected chi connectivity index (χ4v) is 4.85. The number of nitrogens with zero attached hydrogens (tertiary/aromatic N) is 3. The summed E-state index contributed by atoms with van der Waals surface area (Å²) in [5.41, 5.74) is 3.29. The maximum Gasteiger partial charge on any atom is 0.337 e. The third kappa shape index (κ3) is 5.26. The number of aromatic nitrogens is 2. The summed E-state index contributed by atoms with van der Waals surface area (Å²) in [6.07, 6.45) is 2.25. The summed E-state index contributed by atoms with van der Waals surface area (Å²) in [7, 11) is 0. The summed E-state index contributed by atoms with van der Waals surface area (Å²) in [5.74, 6) is 0.386. The fourth-order valence-electron chi connectivity index (χ4n) is 4.85. The van der Waals surface area contributed by atoms with E-state index in [1.54, 1.807) is 4.57 Å². The largest absolute Gasteiger partial charge is 0.388 e. The van der Waals surface area contributed by atoms with Gasteiger partial charge in [0.15, 0.2) is 0 Å². The van der Waals surface area contributed by atoms with Crippen molar-refractivity contribution in [3.63, 3.8) is 0 Å². The zero-order chi connectivity index (χ0) is 24.2. The number of nitrogens with one attached hydrogen (secondary N) is 1. The Balaban J connectivity index is 1.28. The fraction of sp³-hybridized carbons (Fsp3) is 0.481. The van der Waals surface area contributed by atoms with Crippen molar-refractivity contribution in [3.8, 4) is 0 Å². The summed E-state index contributed by atoms with van der Waals surface area (Å²) in [5, 5.41) is 13.5. The van der Waals surface area contributed by atoms with E-state index in [1.165, 1.54) is 10.1 Å². The number of hydrogen-bond donors (Lipinski definition) is 2. The summed E-state index contributed by atoms with van der Waals surface area (Å²) >= 11 is 0. The molecule has 1 unspecified atom stereocenters. The average molecular weight is 465 g/mol. The quantitative estimate of drug-likeness (QED) is 0.552. The van der Waals surface area contributed by atoms with Gasteiger partial charge in [-0.1, -0.05) is 42.0 Å². The van der Waals surface area contributed by atoms with Crippen molar-refractivity contribution in [3.05, 3.63) is 70.1 Å². The molecule has 2 aromatic carbocycles. The summed E-state index contributed by atoms with van der Waals surface area (Å²) in [6.45, 7) is 9.27. The highest BCUT2D eigenvalue weighted by molar-refractivity contribution is 5.89. The molecule has 7 nitrogen and oxygen atoms in total. The minimum absolute atomic E-state index is 0.0275. The Morgan fingerprint density at radius 1 is 1.06 bits per heavy atom. The lowest BCUT2D eigenvalue weighted by Gasteiger charge is -2.32. The van der Waals surface area contributed by atoms with Gasteiger partial charge in [-0.25, -0.2) is 14.2 Å². The highest BCUT2D eigenvalue weighted by atomic mass is 16.3. The van der Waals surface area contributed by atoms with Crippen LogP contribution in [0.25, 0.3) is 11.0 Å². The smallest absolute Gasteiger partial charge is 0.337 e. The molecule has 2 N–H and O–H groups in total. The summed E-state index contributed by atoms with van der Waals surface area (Å²) in [6, 6.07) is 15.1. The monoisotopic (exact) mass is 464 g/mol. The van der Waals surface area contributed by atoms with Gasteiger partial charge in [-0.2, -0.15) is 0 Å². The number of aliphatic hydroxyl groups excluding tert-OH is 1. The molecule has 1 atom stereocenters. The van der Waals surface area contributed by atoms with E-state index in [-0.39, 0.29) is 17.8 Å². The van der Waals surface area contributed by atoms with E-state index in [4.69, 9.17) is 0 Å². The van der Waals surface area contributed by atoms with Gasteiger partial charge in [-0.3, -0.25) is 4.57 Å². The number of carbonyl (C=O) groups excluding carboxylic acids is 1. The normalized spacial score (nSPS) is 16.3. The van der Waals surface area contributed by atoms with Crippen LogP contribution in [-0.4, -0.2) is 51.4 Å². The number of para-hydroxylation sites is 2. The molecule has 0 bridgehead atoms. The van der Waals surface area contributed by atoms with Crippen LogP contribution in [0.2, 0.25) is 0 Å². The zero-order valence-electron chi connectivity index (χ0n) is 20.4. The van der Waals surface area contributed by atoms with Crippen LogP contribution in [0.4, 0.5) is 4.79 Å². The number of benzene rings is 2. The molecule has 3 aromatic rings. The molecule has 1 aliphatic rings. The van der Waals surface area contributed by atoms with Crippen molar-refractivity contribution < 1.29 is 9.90 Å². The predicted octanol–water partition coefficient (Wildman–Crippen LogP) is 4.09. The van der Waals surface area contributed by atoms with Crippen LogP contribution in [-0.2, 0) is 0 Å². The van der Waals surface area contributed by atoms with Crippen LogP contribution in [0.5, 0.6) is 0 Å². The van der Waals surface area contributed by atoms with Crippen LogP contribution in [0.15, 0.2) is 53.3 Å². The Morgan fingerprint density at radius 3 is 2.35 bits per heavy atom. The molecule has 2 heterocycles. The number of imidazole rings is 1. The van der Waals surface area contributed by atoms with Crippen LogP contribution >= 0.6 is 0 Å². The van der Waals surface area contributed by atoms with Gasteiger partial charge in [0.25, 0.3) is 0 Å². The first-order valence-corrected chi connectivity index (χ1v) is 12.3. The van der Waals surface area contributed by atoms with Gasteiger partial charge in [-0.15, -0.1) is 0 Å². The van der Waals surface area contributed by atoms with E-state index in [0.717, 1.165) is 43.6 Å². The van der Waals surface area contributed by atoms with Crippen LogP contribution in [0.3, 0.4) is 0 Å². The van der Waals surface area contributed by atoms with Gasteiger partial charge in [0.05, 0.1) is 17.1 Å². The molecular weight excluding hydrogens is 428 g/mol. The third-order valence-corrected chi connectivity index (χ3v) is 6.93. The Bertz CT molecular complexity index is 1170. The average Bonchev–Trinajstić information content (AvgIpc) is 3.14. The maximum atomic E-state index is 13.0. The second kappa shape index (κ2) is 10.6. The van der Waals surface area contributed by atoms with Crippen molar-refractivity contribution in [1.82, 2.24) is 19.4 Å². The van der Waals surface area contributed by atoms with Gasteiger partial charge < -0.3 is 15.3 Å². The van der Waals surface area contributed by atoms with Gasteiger partial charge in [0.2, 0.25) is 0 Å². The lowest BCUT2D eigenvalue weighted by Crippen LogP contribution is -2.42. The van der Waals surface area contributed by atoms with Crippen LogP contribution in [0, 0.1) is 12.8 Å². The molecular formula is C27H36N4O3. The van der Waals surface area contributed by atoms with E-state index in [2.05, 4.69) is 10.2 Å². The lowest BCUT2D eigenvalue weighted by molar-refractivity contribution is 0.123. The molecule has 0 saturated carbocycles. The standard InChI is InChI=1S/C27H36N4O3/c1-19(2)30-23-6-4-5-7-24(23)31(27(30)34)26(33)28-18-21-12-15-29(16-13-21)17-14-25(32)22-10-8-20(3)9-11-22/h4-11,19,21,25,32H,12-18H2,1-3H3,(H,28,33). The topological polar surface area (TPSA) is 79.5 Å². The highest BCUT2D eigenvalue weighted by Gasteiger charge is 2.23. The number of piperidine rings is 1. The van der Waals surface area contributed by atoms with Crippen molar-refractivity contribution in [2.45, 2.75) is 52.2 Å². The van der Waals surface area contributed by atoms with E-state index in [0.29, 0.717) is 24.4 Å². The Hall–Kier alpha value is -2.90. The van der Waals surface area contributed by atoms with Crippen LogP contribution < -0.4 is 11.0 Å². The molecule has 1 amide bonds. The molecule has 0 aliphatic carbocycles. The molecule has 1 aliphatic heterocycles. The predicted molar refractivity (Wildman–Crippen MR) is 135 cm³/mol. The minimum Gasteiger partial charge on any atom is -0.388 e. The Labute approximate surface area is 201 Å². The SMILES string of the molecule is Cc1ccc(C(O)CCN2CCC(CNC(=O)n3c(=O)n(C(C)C)c4ccccc43)CC2)cc1. The third-order valence-electron chi connectivity index (χ3n) is 6.93. The van der Waals surface area contributed by atoms with E-state index in [9.17, 15) is 14.7 Å². The van der Waals surface area contributed by atoms with E-state index in [1.807, 2.05) is 69.3 Å². The second-order valence-corrected chi connectivity index (χ2v) is 9.76. The van der Waals surface area contributed by atoms with Crippen molar-refractivity contribution in [2.75, 3.05) is 26.2 Å².